The highest BCUT2D eigenvalue weighted by atomic mass is 16.6. The third-order valence-corrected chi connectivity index (χ3v) is 5.24. The number of rotatable bonds is 10. The SMILES string of the molecule is CCCNc1nc(Nc2ccc(C#N)cc2)ncc1C#CCCCNC(=O)[C@@H](C)N(C)C(=O)OC(C)(C)C. The lowest BCUT2D eigenvalue weighted by Crippen LogP contribution is -2.47. The topological polar surface area (TPSA) is 132 Å². The summed E-state index contributed by atoms with van der Waals surface area (Å²) in [4.78, 5) is 34.8. The molecule has 2 amide bonds. The molecule has 0 aliphatic rings. The molecule has 0 radical (unpaired) electrons. The molecule has 10 nitrogen and oxygen atoms in total. The second-order valence-electron chi connectivity index (χ2n) is 9.66. The maximum atomic E-state index is 12.4. The van der Waals surface area contributed by atoms with Gasteiger partial charge < -0.3 is 20.7 Å². The predicted octanol–water partition coefficient (Wildman–Crippen LogP) is 4.42. The van der Waals surface area contributed by atoms with Crippen LogP contribution in [-0.4, -0.2) is 58.6 Å². The van der Waals surface area contributed by atoms with Crippen LogP contribution in [0.15, 0.2) is 30.5 Å². The fourth-order valence-corrected chi connectivity index (χ4v) is 3.03. The minimum absolute atomic E-state index is 0.254. The summed E-state index contributed by atoms with van der Waals surface area (Å²) in [7, 11) is 1.54. The molecule has 0 saturated heterocycles. The maximum Gasteiger partial charge on any atom is 0.410 e. The number of nitrogens with one attached hydrogen (secondary N) is 3. The molecular formula is C28H37N7O3. The Morgan fingerprint density at radius 1 is 1.18 bits per heavy atom. The highest BCUT2D eigenvalue weighted by Crippen LogP contribution is 2.18. The Kier molecular flexibility index (Phi) is 11.4. The van der Waals surface area contributed by atoms with Crippen LogP contribution in [0.4, 0.5) is 22.2 Å². The predicted molar refractivity (Wildman–Crippen MR) is 148 cm³/mol. The molecule has 2 aromatic rings. The number of aromatic nitrogens is 2. The Balaban J connectivity index is 1.90. The lowest BCUT2D eigenvalue weighted by atomic mass is 10.2. The van der Waals surface area contributed by atoms with Crippen molar-refractivity contribution >= 4 is 29.5 Å². The number of hydrogen-bond acceptors (Lipinski definition) is 8. The van der Waals surface area contributed by atoms with Gasteiger partial charge in [0.1, 0.15) is 17.5 Å². The Labute approximate surface area is 225 Å². The lowest BCUT2D eigenvalue weighted by Gasteiger charge is -2.28. The number of ether oxygens (including phenoxy) is 1. The van der Waals surface area contributed by atoms with Crippen molar-refractivity contribution in [3.8, 4) is 17.9 Å². The second kappa shape index (κ2) is 14.4. The maximum absolute atomic E-state index is 12.4. The van der Waals surface area contributed by atoms with E-state index in [9.17, 15) is 9.59 Å². The molecule has 1 aromatic heterocycles. The number of amides is 2. The molecule has 1 atom stereocenters. The molecule has 1 aromatic carbocycles. The van der Waals surface area contributed by atoms with Crippen molar-refractivity contribution in [3.63, 3.8) is 0 Å². The number of nitriles is 1. The number of benzene rings is 1. The van der Waals surface area contributed by atoms with Gasteiger partial charge in [0.2, 0.25) is 11.9 Å². The Morgan fingerprint density at radius 2 is 1.89 bits per heavy atom. The van der Waals surface area contributed by atoms with Crippen molar-refractivity contribution in [2.45, 2.75) is 65.5 Å². The first-order valence-electron chi connectivity index (χ1n) is 12.6. The van der Waals surface area contributed by atoms with E-state index in [0.29, 0.717) is 42.3 Å². The number of hydrogen-bond donors (Lipinski definition) is 3. The van der Waals surface area contributed by atoms with Gasteiger partial charge in [-0.3, -0.25) is 9.69 Å². The van der Waals surface area contributed by atoms with Gasteiger partial charge in [-0.25, -0.2) is 9.78 Å². The van der Waals surface area contributed by atoms with Crippen molar-refractivity contribution in [1.29, 1.82) is 5.26 Å². The molecule has 1 heterocycles. The highest BCUT2D eigenvalue weighted by Gasteiger charge is 2.26. The number of likely N-dealkylation sites (N-methyl/N-ethyl adjacent to an activating group) is 1. The van der Waals surface area contributed by atoms with Crippen molar-refractivity contribution < 1.29 is 14.3 Å². The van der Waals surface area contributed by atoms with Gasteiger partial charge in [0.15, 0.2) is 0 Å². The monoisotopic (exact) mass is 519 g/mol. The zero-order valence-electron chi connectivity index (χ0n) is 23.0. The second-order valence-corrected chi connectivity index (χ2v) is 9.66. The van der Waals surface area contributed by atoms with Gasteiger partial charge in [0, 0.05) is 32.2 Å². The minimum atomic E-state index is -0.656. The van der Waals surface area contributed by atoms with Crippen LogP contribution in [-0.2, 0) is 9.53 Å². The standard InChI is InChI=1S/C28H37N7O3/c1-7-16-30-24-22(19-32-26(34-24)33-23-14-12-21(18-29)13-15-23)11-9-8-10-17-31-25(36)20(2)35(6)27(37)38-28(3,4)5/h12-15,19-20H,7-8,10,16-17H2,1-6H3,(H,31,36)(H2,30,32,33,34)/t20-/m1/s1. The average Bonchev–Trinajstić information content (AvgIpc) is 2.88. The molecule has 0 bridgehead atoms. The first-order chi connectivity index (χ1) is 18.0. The molecule has 38 heavy (non-hydrogen) atoms. The van der Waals surface area contributed by atoms with Crippen molar-refractivity contribution in [3.05, 3.63) is 41.6 Å². The summed E-state index contributed by atoms with van der Waals surface area (Å²) in [5.74, 6) is 7.03. The zero-order valence-corrected chi connectivity index (χ0v) is 23.0. The number of unbranched alkanes of at least 4 members (excludes halogenated alkanes) is 1. The molecule has 0 aliphatic heterocycles. The average molecular weight is 520 g/mol. The fraction of sp³-hybridized carbons (Fsp3) is 0.464. The summed E-state index contributed by atoms with van der Waals surface area (Å²) in [6.07, 6.45) is 3.27. The summed E-state index contributed by atoms with van der Waals surface area (Å²) < 4.78 is 5.31. The minimum Gasteiger partial charge on any atom is -0.444 e. The zero-order chi connectivity index (χ0) is 28.1. The third-order valence-electron chi connectivity index (χ3n) is 5.24. The normalized spacial score (nSPS) is 11.3. The van der Waals surface area contributed by atoms with Gasteiger partial charge in [0.25, 0.3) is 0 Å². The first-order valence-corrected chi connectivity index (χ1v) is 12.6. The van der Waals surface area contributed by atoms with Crippen molar-refractivity contribution in [1.82, 2.24) is 20.2 Å². The molecule has 0 aliphatic carbocycles. The van der Waals surface area contributed by atoms with Crippen molar-refractivity contribution in [2.75, 3.05) is 30.8 Å². The van der Waals surface area contributed by atoms with E-state index in [-0.39, 0.29) is 5.91 Å². The Morgan fingerprint density at radius 3 is 2.53 bits per heavy atom. The summed E-state index contributed by atoms with van der Waals surface area (Å²) in [5, 5.41) is 18.2. The Hall–Kier alpha value is -4.31. The van der Waals surface area contributed by atoms with E-state index in [0.717, 1.165) is 18.7 Å². The van der Waals surface area contributed by atoms with E-state index in [1.54, 1.807) is 65.2 Å². The van der Waals surface area contributed by atoms with Crippen LogP contribution in [0, 0.1) is 23.2 Å². The smallest absolute Gasteiger partial charge is 0.410 e. The molecule has 3 N–H and O–H groups in total. The van der Waals surface area contributed by atoms with E-state index in [1.807, 2.05) is 0 Å². The van der Waals surface area contributed by atoms with E-state index < -0.39 is 17.7 Å². The van der Waals surface area contributed by atoms with Crippen LogP contribution in [0.2, 0.25) is 0 Å². The Bertz CT molecular complexity index is 1190. The van der Waals surface area contributed by atoms with Gasteiger partial charge >= 0.3 is 6.09 Å². The van der Waals surface area contributed by atoms with E-state index in [1.165, 1.54) is 4.90 Å². The van der Waals surface area contributed by atoms with Crippen LogP contribution in [0.5, 0.6) is 0 Å². The van der Waals surface area contributed by atoms with Gasteiger partial charge in [-0.1, -0.05) is 18.8 Å². The molecule has 202 valence electrons. The molecule has 0 fully saturated rings. The van der Waals surface area contributed by atoms with Crippen LogP contribution in [0.25, 0.3) is 0 Å². The number of carbonyl (C=O) groups is 2. The molecular weight excluding hydrogens is 482 g/mol. The third kappa shape index (κ3) is 9.98. The molecule has 10 heteroatoms. The molecule has 2 rings (SSSR count). The summed E-state index contributed by atoms with van der Waals surface area (Å²) in [6.45, 7) is 10.2. The summed E-state index contributed by atoms with van der Waals surface area (Å²) in [6, 6.07) is 8.47. The largest absolute Gasteiger partial charge is 0.444 e. The van der Waals surface area contributed by atoms with Crippen LogP contribution < -0.4 is 16.0 Å². The van der Waals surface area contributed by atoms with Gasteiger partial charge in [0.05, 0.1) is 23.4 Å². The number of carbonyl (C=O) groups excluding carboxylic acids is 2. The molecule has 0 unspecified atom stereocenters. The lowest BCUT2D eigenvalue weighted by molar-refractivity contribution is -0.125. The van der Waals surface area contributed by atoms with Crippen molar-refractivity contribution in [2.24, 2.45) is 0 Å². The van der Waals surface area contributed by atoms with Gasteiger partial charge in [-0.2, -0.15) is 10.2 Å². The van der Waals surface area contributed by atoms with Crippen LogP contribution in [0.3, 0.4) is 0 Å². The van der Waals surface area contributed by atoms with Crippen LogP contribution in [0.1, 0.15) is 65.0 Å². The van der Waals surface area contributed by atoms with E-state index in [2.05, 4.69) is 50.8 Å². The quantitative estimate of drug-likeness (QED) is 0.310. The molecule has 0 spiro atoms. The fourth-order valence-electron chi connectivity index (χ4n) is 3.03. The summed E-state index contributed by atoms with van der Waals surface area (Å²) >= 11 is 0. The first kappa shape index (κ1) is 29.9. The molecule has 0 saturated carbocycles. The highest BCUT2D eigenvalue weighted by molar-refractivity contribution is 5.85. The summed E-state index contributed by atoms with van der Waals surface area (Å²) in [5.41, 5.74) is 1.41. The van der Waals surface area contributed by atoms with Gasteiger partial charge in [-0.05, 0) is 64.8 Å². The van der Waals surface area contributed by atoms with E-state index >= 15 is 0 Å². The number of nitrogens with zero attached hydrogens (tertiary/aromatic N) is 4. The van der Waals surface area contributed by atoms with Gasteiger partial charge in [-0.15, -0.1) is 0 Å². The van der Waals surface area contributed by atoms with Crippen LogP contribution >= 0.6 is 0 Å². The number of anilines is 3. The van der Waals surface area contributed by atoms with E-state index in [4.69, 9.17) is 10.00 Å².